The lowest BCUT2D eigenvalue weighted by Crippen LogP contribution is -2.30. The Labute approximate surface area is 90.0 Å². The van der Waals surface area contributed by atoms with E-state index in [1.54, 1.807) is 17.8 Å². The largest absolute Gasteiger partial charge is 0.289 e. The van der Waals surface area contributed by atoms with Crippen LogP contribution < -0.4 is 11.3 Å². The van der Waals surface area contributed by atoms with Gasteiger partial charge in [-0.1, -0.05) is 0 Å². The molecule has 0 aliphatic rings. The van der Waals surface area contributed by atoms with Crippen LogP contribution in [0.25, 0.3) is 10.6 Å². The van der Waals surface area contributed by atoms with E-state index in [2.05, 4.69) is 9.97 Å². The Morgan fingerprint density at radius 2 is 2.40 bits per heavy atom. The molecule has 1 amide bonds. The Morgan fingerprint density at radius 3 is 3.07 bits per heavy atom. The monoisotopic (exact) mass is 220 g/mol. The van der Waals surface area contributed by atoms with Gasteiger partial charge in [0.15, 0.2) is 0 Å². The summed E-state index contributed by atoms with van der Waals surface area (Å²) in [6, 6.07) is 3.70. The van der Waals surface area contributed by atoms with E-state index in [0.29, 0.717) is 5.69 Å². The third-order valence-corrected chi connectivity index (χ3v) is 2.67. The standard InChI is InChI=1S/C9H8N4OS/c10-13-8(14)7-5-15-9(12-7)6-2-1-3-11-4-6/h1-5H,10H2,(H,13,14). The highest BCUT2D eigenvalue weighted by atomic mass is 32.1. The van der Waals surface area contributed by atoms with E-state index in [0.717, 1.165) is 10.6 Å². The van der Waals surface area contributed by atoms with Crippen molar-refractivity contribution in [1.82, 2.24) is 15.4 Å². The Morgan fingerprint density at radius 1 is 1.53 bits per heavy atom. The van der Waals surface area contributed by atoms with Gasteiger partial charge in [-0.3, -0.25) is 15.2 Å². The summed E-state index contributed by atoms with van der Waals surface area (Å²) in [5.41, 5.74) is 3.24. The average molecular weight is 220 g/mol. The number of rotatable bonds is 2. The summed E-state index contributed by atoms with van der Waals surface area (Å²) >= 11 is 1.38. The van der Waals surface area contributed by atoms with Crippen LogP contribution >= 0.6 is 11.3 Å². The maximum atomic E-state index is 11.2. The fourth-order valence-electron chi connectivity index (χ4n) is 1.07. The van der Waals surface area contributed by atoms with Crippen molar-refractivity contribution in [3.63, 3.8) is 0 Å². The first-order valence-electron chi connectivity index (χ1n) is 4.18. The molecule has 0 unspecified atom stereocenters. The summed E-state index contributed by atoms with van der Waals surface area (Å²) in [5, 5.41) is 2.41. The molecule has 76 valence electrons. The second-order valence-electron chi connectivity index (χ2n) is 2.75. The van der Waals surface area contributed by atoms with Gasteiger partial charge in [0.25, 0.3) is 5.91 Å². The van der Waals surface area contributed by atoms with Gasteiger partial charge >= 0.3 is 0 Å². The van der Waals surface area contributed by atoms with Gasteiger partial charge in [0, 0.05) is 23.3 Å². The molecule has 2 rings (SSSR count). The summed E-state index contributed by atoms with van der Waals surface area (Å²) in [4.78, 5) is 19.3. The minimum absolute atomic E-state index is 0.321. The average Bonchev–Trinajstić information content (AvgIpc) is 2.78. The predicted molar refractivity (Wildman–Crippen MR) is 57.0 cm³/mol. The molecule has 0 bridgehead atoms. The van der Waals surface area contributed by atoms with Crippen molar-refractivity contribution in [2.45, 2.75) is 0 Å². The topological polar surface area (TPSA) is 80.9 Å². The number of carbonyl (C=O) groups is 1. The minimum Gasteiger partial charge on any atom is -0.289 e. The van der Waals surface area contributed by atoms with Gasteiger partial charge in [0.05, 0.1) is 0 Å². The number of thiazole rings is 1. The van der Waals surface area contributed by atoms with Gasteiger partial charge in [0.1, 0.15) is 10.7 Å². The number of hydrazine groups is 1. The van der Waals surface area contributed by atoms with Crippen LogP contribution in [-0.2, 0) is 0 Å². The number of carbonyl (C=O) groups excluding carboxylic acids is 1. The van der Waals surface area contributed by atoms with Gasteiger partial charge in [-0.25, -0.2) is 10.8 Å². The van der Waals surface area contributed by atoms with Crippen LogP contribution in [0.15, 0.2) is 29.9 Å². The van der Waals surface area contributed by atoms with Crippen molar-refractivity contribution in [2.24, 2.45) is 5.84 Å². The SMILES string of the molecule is NNC(=O)c1csc(-c2cccnc2)n1. The van der Waals surface area contributed by atoms with Gasteiger partial charge in [-0.15, -0.1) is 11.3 Å². The first kappa shape index (κ1) is 9.75. The number of hydrogen-bond acceptors (Lipinski definition) is 5. The van der Waals surface area contributed by atoms with Crippen molar-refractivity contribution in [3.8, 4) is 10.6 Å². The highest BCUT2D eigenvalue weighted by Gasteiger charge is 2.09. The maximum absolute atomic E-state index is 11.2. The number of amides is 1. The fourth-order valence-corrected chi connectivity index (χ4v) is 1.86. The molecule has 2 heterocycles. The van der Waals surface area contributed by atoms with E-state index in [9.17, 15) is 4.79 Å². The number of nitrogens with one attached hydrogen (secondary N) is 1. The third kappa shape index (κ3) is 2.00. The van der Waals surface area contributed by atoms with Crippen molar-refractivity contribution >= 4 is 17.2 Å². The lowest BCUT2D eigenvalue weighted by atomic mass is 10.3. The number of nitrogen functional groups attached to an aromatic ring is 1. The molecule has 15 heavy (non-hydrogen) atoms. The molecule has 2 aromatic heterocycles. The summed E-state index contributed by atoms with van der Waals surface area (Å²) in [5.74, 6) is 4.62. The zero-order chi connectivity index (χ0) is 10.7. The van der Waals surface area contributed by atoms with E-state index in [1.807, 2.05) is 17.6 Å². The van der Waals surface area contributed by atoms with Crippen molar-refractivity contribution in [2.75, 3.05) is 0 Å². The molecular weight excluding hydrogens is 212 g/mol. The van der Waals surface area contributed by atoms with Crippen LogP contribution in [0.5, 0.6) is 0 Å². The molecule has 0 aliphatic carbocycles. The minimum atomic E-state index is -0.388. The molecule has 2 aromatic rings. The molecule has 0 aromatic carbocycles. The van der Waals surface area contributed by atoms with Crippen LogP contribution in [0.3, 0.4) is 0 Å². The molecule has 0 saturated heterocycles. The number of nitrogens with two attached hydrogens (primary N) is 1. The number of aromatic nitrogens is 2. The molecule has 0 radical (unpaired) electrons. The van der Waals surface area contributed by atoms with Crippen LogP contribution in [0.1, 0.15) is 10.5 Å². The maximum Gasteiger partial charge on any atom is 0.284 e. The summed E-state index contributed by atoms with van der Waals surface area (Å²) < 4.78 is 0. The summed E-state index contributed by atoms with van der Waals surface area (Å²) in [6.45, 7) is 0. The normalized spacial score (nSPS) is 9.93. The van der Waals surface area contributed by atoms with Gasteiger partial charge in [-0.05, 0) is 12.1 Å². The highest BCUT2D eigenvalue weighted by Crippen LogP contribution is 2.22. The van der Waals surface area contributed by atoms with E-state index < -0.39 is 0 Å². The van der Waals surface area contributed by atoms with Crippen molar-refractivity contribution in [3.05, 3.63) is 35.6 Å². The molecule has 3 N–H and O–H groups in total. The van der Waals surface area contributed by atoms with Gasteiger partial charge in [0.2, 0.25) is 0 Å². The van der Waals surface area contributed by atoms with Crippen LogP contribution in [-0.4, -0.2) is 15.9 Å². The zero-order valence-corrected chi connectivity index (χ0v) is 8.49. The molecular formula is C9H8N4OS. The number of nitrogens with zero attached hydrogens (tertiary/aromatic N) is 2. The Balaban J connectivity index is 2.32. The molecule has 0 aliphatic heterocycles. The molecule has 0 saturated carbocycles. The lowest BCUT2D eigenvalue weighted by molar-refractivity contribution is 0.0949. The molecule has 0 fully saturated rings. The number of pyridine rings is 1. The van der Waals surface area contributed by atoms with Gasteiger partial charge < -0.3 is 0 Å². The lowest BCUT2D eigenvalue weighted by Gasteiger charge is -1.93. The van der Waals surface area contributed by atoms with Crippen molar-refractivity contribution in [1.29, 1.82) is 0 Å². The third-order valence-electron chi connectivity index (χ3n) is 1.78. The van der Waals surface area contributed by atoms with Crippen LogP contribution in [0.2, 0.25) is 0 Å². The predicted octanol–water partition coefficient (Wildman–Crippen LogP) is 0.809. The first-order chi connectivity index (χ1) is 7.31. The molecule has 5 nitrogen and oxygen atoms in total. The second-order valence-corrected chi connectivity index (χ2v) is 3.61. The van der Waals surface area contributed by atoms with E-state index in [4.69, 9.17) is 5.84 Å². The smallest absolute Gasteiger partial charge is 0.284 e. The summed E-state index contributed by atoms with van der Waals surface area (Å²) in [6.07, 6.45) is 3.38. The van der Waals surface area contributed by atoms with E-state index in [1.165, 1.54) is 11.3 Å². The summed E-state index contributed by atoms with van der Waals surface area (Å²) in [7, 11) is 0. The van der Waals surface area contributed by atoms with Gasteiger partial charge in [-0.2, -0.15) is 0 Å². The first-order valence-corrected chi connectivity index (χ1v) is 5.06. The molecule has 0 spiro atoms. The van der Waals surface area contributed by atoms with E-state index in [-0.39, 0.29) is 5.91 Å². The number of hydrogen-bond donors (Lipinski definition) is 2. The second kappa shape index (κ2) is 4.16. The van der Waals surface area contributed by atoms with Crippen molar-refractivity contribution < 1.29 is 4.79 Å². The Hall–Kier alpha value is -1.79. The zero-order valence-electron chi connectivity index (χ0n) is 7.68. The molecule has 0 atom stereocenters. The highest BCUT2D eigenvalue weighted by molar-refractivity contribution is 7.13. The quantitative estimate of drug-likeness (QED) is 0.446. The Bertz CT molecular complexity index is 468. The van der Waals surface area contributed by atoms with Crippen LogP contribution in [0, 0.1) is 0 Å². The van der Waals surface area contributed by atoms with E-state index >= 15 is 0 Å². The Kier molecular flexibility index (Phi) is 2.70. The van der Waals surface area contributed by atoms with Crippen LogP contribution in [0.4, 0.5) is 0 Å². The molecule has 6 heteroatoms. The fraction of sp³-hybridized carbons (Fsp3) is 0.